The van der Waals surface area contributed by atoms with Gasteiger partial charge in [-0.05, 0) is 38.3 Å². The Hall–Kier alpha value is -1.38. The van der Waals surface area contributed by atoms with Crippen LogP contribution in [-0.2, 0) is 4.79 Å². The number of hydrogen-bond acceptors (Lipinski definition) is 3. The van der Waals surface area contributed by atoms with Gasteiger partial charge in [-0.1, -0.05) is 25.3 Å². The van der Waals surface area contributed by atoms with Gasteiger partial charge in [0.05, 0.1) is 6.54 Å². The van der Waals surface area contributed by atoms with Gasteiger partial charge in [0, 0.05) is 25.2 Å². The van der Waals surface area contributed by atoms with E-state index in [1.165, 1.54) is 32.1 Å². The minimum atomic E-state index is -0.0661. The highest BCUT2D eigenvalue weighted by Gasteiger charge is 2.14. The monoisotopic (exact) mass is 459 g/mol. The second kappa shape index (κ2) is 12.1. The van der Waals surface area contributed by atoms with Crippen molar-refractivity contribution in [2.45, 2.75) is 58.4 Å². The van der Waals surface area contributed by atoms with Gasteiger partial charge in [0.1, 0.15) is 5.82 Å². The molecule has 25 heavy (non-hydrogen) atoms. The molecule has 7 heteroatoms. The van der Waals surface area contributed by atoms with E-state index < -0.39 is 0 Å². The van der Waals surface area contributed by atoms with E-state index in [1.807, 2.05) is 26.0 Å². The highest BCUT2D eigenvalue weighted by molar-refractivity contribution is 14.0. The first-order chi connectivity index (χ1) is 11.7. The number of halogens is 1. The fraction of sp³-hybridized carbons (Fsp3) is 0.611. The first-order valence-electron chi connectivity index (χ1n) is 8.94. The molecule has 1 aliphatic rings. The van der Waals surface area contributed by atoms with Crippen molar-refractivity contribution in [3.05, 3.63) is 23.9 Å². The quantitative estimate of drug-likeness (QED) is 0.347. The Balaban J connectivity index is 0.00000312. The average Bonchev–Trinajstić information content (AvgIpc) is 2.58. The highest BCUT2D eigenvalue weighted by Crippen LogP contribution is 2.17. The van der Waals surface area contributed by atoms with Crippen LogP contribution in [0.15, 0.2) is 23.3 Å². The van der Waals surface area contributed by atoms with Crippen LogP contribution in [0.3, 0.4) is 0 Å². The molecule has 1 saturated carbocycles. The Bertz CT molecular complexity index is 541. The van der Waals surface area contributed by atoms with E-state index in [1.54, 1.807) is 6.20 Å². The minimum Gasteiger partial charge on any atom is -0.357 e. The van der Waals surface area contributed by atoms with E-state index in [4.69, 9.17) is 0 Å². The van der Waals surface area contributed by atoms with Crippen LogP contribution in [0.1, 0.15) is 51.0 Å². The van der Waals surface area contributed by atoms with Crippen molar-refractivity contribution < 1.29 is 4.79 Å². The van der Waals surface area contributed by atoms with Crippen LogP contribution >= 0.6 is 24.0 Å². The Morgan fingerprint density at radius 2 is 2.04 bits per heavy atom. The van der Waals surface area contributed by atoms with Gasteiger partial charge in [-0.3, -0.25) is 9.79 Å². The number of aromatic nitrogens is 1. The van der Waals surface area contributed by atoms with Crippen molar-refractivity contribution in [2.24, 2.45) is 4.99 Å². The van der Waals surface area contributed by atoms with Crippen LogP contribution in [-0.4, -0.2) is 36.0 Å². The molecule has 1 aromatic heterocycles. The maximum Gasteiger partial charge on any atom is 0.227 e. The molecule has 0 unspecified atom stereocenters. The van der Waals surface area contributed by atoms with Gasteiger partial charge in [0.25, 0.3) is 0 Å². The van der Waals surface area contributed by atoms with Gasteiger partial charge in [0.15, 0.2) is 5.96 Å². The van der Waals surface area contributed by atoms with Crippen molar-refractivity contribution in [1.82, 2.24) is 15.6 Å². The van der Waals surface area contributed by atoms with E-state index in [2.05, 4.69) is 25.9 Å². The minimum absolute atomic E-state index is 0. The summed E-state index contributed by atoms with van der Waals surface area (Å²) in [5, 5.41) is 9.53. The Morgan fingerprint density at radius 3 is 2.68 bits per heavy atom. The van der Waals surface area contributed by atoms with Crippen LogP contribution in [0.2, 0.25) is 0 Å². The second-order valence-corrected chi connectivity index (χ2v) is 6.26. The predicted molar refractivity (Wildman–Crippen MR) is 114 cm³/mol. The van der Waals surface area contributed by atoms with Crippen molar-refractivity contribution in [3.8, 4) is 0 Å². The smallest absolute Gasteiger partial charge is 0.227 e. The fourth-order valence-electron chi connectivity index (χ4n) is 2.78. The number of guanidine groups is 1. The van der Waals surface area contributed by atoms with Crippen LogP contribution in [0.5, 0.6) is 0 Å². The van der Waals surface area contributed by atoms with Gasteiger partial charge >= 0.3 is 0 Å². The summed E-state index contributed by atoms with van der Waals surface area (Å²) in [4.78, 5) is 20.7. The Labute approximate surface area is 167 Å². The number of pyridine rings is 1. The molecule has 0 atom stereocenters. The molecule has 0 bridgehead atoms. The number of carbonyl (C=O) groups is 1. The van der Waals surface area contributed by atoms with Crippen molar-refractivity contribution in [1.29, 1.82) is 0 Å². The number of aryl methyl sites for hydroxylation is 1. The van der Waals surface area contributed by atoms with Crippen molar-refractivity contribution >= 4 is 41.7 Å². The fourth-order valence-corrected chi connectivity index (χ4v) is 2.78. The van der Waals surface area contributed by atoms with Gasteiger partial charge in [-0.25, -0.2) is 4.98 Å². The van der Waals surface area contributed by atoms with Crippen molar-refractivity contribution in [2.75, 3.05) is 18.4 Å². The number of amides is 1. The van der Waals surface area contributed by atoms with Gasteiger partial charge in [0.2, 0.25) is 5.91 Å². The van der Waals surface area contributed by atoms with Gasteiger partial charge in [-0.2, -0.15) is 0 Å². The first kappa shape index (κ1) is 21.7. The molecule has 0 spiro atoms. The maximum atomic E-state index is 12.0. The van der Waals surface area contributed by atoms with Gasteiger partial charge < -0.3 is 16.0 Å². The summed E-state index contributed by atoms with van der Waals surface area (Å²) >= 11 is 0. The number of nitrogens with zero attached hydrogens (tertiary/aromatic N) is 2. The standard InChI is InChI=1S/C18H29N5O.HI/c1-3-19-18(22-15-7-5-4-6-8-15)20-12-11-17(24)23-16-10-9-14(2)13-21-16;/h9-10,13,15H,3-8,11-12H2,1-2H3,(H2,19,20,22)(H,21,23,24);1H. The highest BCUT2D eigenvalue weighted by atomic mass is 127. The third kappa shape index (κ3) is 8.51. The van der Waals surface area contributed by atoms with Crippen LogP contribution in [0.4, 0.5) is 5.82 Å². The largest absolute Gasteiger partial charge is 0.357 e. The lowest BCUT2D eigenvalue weighted by atomic mass is 9.96. The molecule has 0 radical (unpaired) electrons. The molecular weight excluding hydrogens is 429 g/mol. The topological polar surface area (TPSA) is 78.4 Å². The molecule has 1 aliphatic carbocycles. The Morgan fingerprint density at radius 1 is 1.28 bits per heavy atom. The number of nitrogens with one attached hydrogen (secondary N) is 3. The summed E-state index contributed by atoms with van der Waals surface area (Å²) in [5.41, 5.74) is 1.07. The lowest BCUT2D eigenvalue weighted by Gasteiger charge is -2.24. The van der Waals surface area contributed by atoms with Crippen LogP contribution in [0.25, 0.3) is 0 Å². The van der Waals surface area contributed by atoms with Crippen molar-refractivity contribution in [3.63, 3.8) is 0 Å². The second-order valence-electron chi connectivity index (χ2n) is 6.26. The molecule has 1 amide bonds. The molecule has 1 aromatic rings. The number of anilines is 1. The van der Waals surface area contributed by atoms with Gasteiger partial charge in [-0.15, -0.1) is 24.0 Å². The molecule has 6 nitrogen and oxygen atoms in total. The van der Waals surface area contributed by atoms with E-state index >= 15 is 0 Å². The summed E-state index contributed by atoms with van der Waals surface area (Å²) in [6.07, 6.45) is 8.38. The zero-order valence-corrected chi connectivity index (χ0v) is 17.5. The number of aliphatic imine (C=N–C) groups is 1. The molecule has 0 saturated heterocycles. The number of rotatable bonds is 6. The number of carbonyl (C=O) groups excluding carboxylic acids is 1. The van der Waals surface area contributed by atoms with E-state index in [-0.39, 0.29) is 29.9 Å². The Kier molecular flexibility index (Phi) is 10.4. The summed E-state index contributed by atoms with van der Waals surface area (Å²) < 4.78 is 0. The maximum absolute atomic E-state index is 12.0. The summed E-state index contributed by atoms with van der Waals surface area (Å²) in [6.45, 7) is 5.29. The van der Waals surface area contributed by atoms with Crippen LogP contribution in [0, 0.1) is 6.92 Å². The predicted octanol–water partition coefficient (Wildman–Crippen LogP) is 3.22. The third-order valence-corrected chi connectivity index (χ3v) is 4.08. The molecule has 1 fully saturated rings. The molecule has 0 aliphatic heterocycles. The SMILES string of the molecule is CCNC(=NCCC(=O)Nc1ccc(C)cn1)NC1CCCCC1.I. The molecule has 1 heterocycles. The molecule has 3 N–H and O–H groups in total. The zero-order chi connectivity index (χ0) is 17.2. The van der Waals surface area contributed by atoms with E-state index in [0.717, 1.165) is 18.1 Å². The summed E-state index contributed by atoms with van der Waals surface area (Å²) in [5.74, 6) is 1.33. The third-order valence-electron chi connectivity index (χ3n) is 4.08. The molecular formula is C18H30IN5O. The summed E-state index contributed by atoms with van der Waals surface area (Å²) in [7, 11) is 0. The zero-order valence-electron chi connectivity index (χ0n) is 15.2. The number of hydrogen-bond donors (Lipinski definition) is 3. The summed E-state index contributed by atoms with van der Waals surface area (Å²) in [6, 6.07) is 4.24. The normalized spacial score (nSPS) is 15.2. The van der Waals surface area contributed by atoms with Crippen LogP contribution < -0.4 is 16.0 Å². The average molecular weight is 459 g/mol. The van der Waals surface area contributed by atoms with E-state index in [0.29, 0.717) is 24.8 Å². The molecule has 2 rings (SSSR count). The molecule has 0 aromatic carbocycles. The lowest BCUT2D eigenvalue weighted by Crippen LogP contribution is -2.44. The molecule has 140 valence electrons. The van der Waals surface area contributed by atoms with E-state index in [9.17, 15) is 4.79 Å². The first-order valence-corrected chi connectivity index (χ1v) is 8.94. The lowest BCUT2D eigenvalue weighted by molar-refractivity contribution is -0.116.